The summed E-state index contributed by atoms with van der Waals surface area (Å²) < 4.78 is 5.31. The average Bonchev–Trinajstić information content (AvgIpc) is 3.17. The van der Waals surface area contributed by atoms with Crippen LogP contribution in [-0.4, -0.2) is 10.9 Å². The van der Waals surface area contributed by atoms with E-state index < -0.39 is 0 Å². The van der Waals surface area contributed by atoms with Gasteiger partial charge in [-0.2, -0.15) is 11.3 Å². The second-order valence-corrected chi connectivity index (χ2v) is 5.00. The zero-order valence-corrected chi connectivity index (χ0v) is 11.4. The van der Waals surface area contributed by atoms with E-state index >= 15 is 0 Å². The number of amides is 1. The van der Waals surface area contributed by atoms with Crippen LogP contribution in [0.3, 0.4) is 0 Å². The largest absolute Gasteiger partial charge is 0.463 e. The number of aromatic nitrogens is 1. The molecule has 5 heteroatoms. The van der Waals surface area contributed by atoms with E-state index in [2.05, 4.69) is 10.3 Å². The third-order valence-corrected chi connectivity index (χ3v) is 3.52. The molecule has 0 saturated heterocycles. The predicted octanol–water partition coefficient (Wildman–Crippen LogP) is 3.33. The molecule has 0 aromatic carbocycles. The molecule has 0 saturated carbocycles. The number of carbonyl (C=O) groups is 1. The van der Waals surface area contributed by atoms with Gasteiger partial charge in [0, 0.05) is 23.7 Å². The minimum Gasteiger partial charge on any atom is -0.463 e. The summed E-state index contributed by atoms with van der Waals surface area (Å²) in [5, 5.41) is 6.60. The smallest absolute Gasteiger partial charge is 0.252 e. The van der Waals surface area contributed by atoms with Crippen LogP contribution >= 0.6 is 11.3 Å². The Morgan fingerprint density at radius 3 is 3.05 bits per heavy atom. The van der Waals surface area contributed by atoms with Crippen molar-refractivity contribution in [2.45, 2.75) is 6.54 Å². The molecular weight excluding hydrogens is 272 g/mol. The average molecular weight is 284 g/mol. The number of hydrogen-bond acceptors (Lipinski definition) is 4. The molecule has 3 aromatic rings. The zero-order valence-electron chi connectivity index (χ0n) is 10.6. The molecule has 3 aromatic heterocycles. The standard InChI is InChI=1S/C15H12N2O2S/c18-15(12-4-7-20-10-12)17-9-11-3-5-16-13(8-11)14-2-1-6-19-14/h1-8,10H,9H2,(H,17,18). The second-order valence-electron chi connectivity index (χ2n) is 4.22. The summed E-state index contributed by atoms with van der Waals surface area (Å²) in [6.07, 6.45) is 3.33. The van der Waals surface area contributed by atoms with Crippen molar-refractivity contribution in [3.63, 3.8) is 0 Å². The lowest BCUT2D eigenvalue weighted by atomic mass is 10.2. The second kappa shape index (κ2) is 5.71. The van der Waals surface area contributed by atoms with Gasteiger partial charge in [-0.3, -0.25) is 9.78 Å². The Balaban J connectivity index is 1.69. The minimum atomic E-state index is -0.0670. The Morgan fingerprint density at radius 1 is 1.35 bits per heavy atom. The van der Waals surface area contributed by atoms with Crippen LogP contribution in [0.1, 0.15) is 15.9 Å². The van der Waals surface area contributed by atoms with Crippen molar-refractivity contribution < 1.29 is 9.21 Å². The van der Waals surface area contributed by atoms with Crippen LogP contribution in [0.25, 0.3) is 11.5 Å². The number of thiophene rings is 1. The molecule has 3 heterocycles. The maximum absolute atomic E-state index is 11.9. The fraction of sp³-hybridized carbons (Fsp3) is 0.0667. The first-order valence-electron chi connectivity index (χ1n) is 6.12. The third kappa shape index (κ3) is 2.78. The molecule has 0 aliphatic carbocycles. The van der Waals surface area contributed by atoms with E-state index in [0.29, 0.717) is 12.1 Å². The van der Waals surface area contributed by atoms with Crippen molar-refractivity contribution in [3.05, 3.63) is 64.7 Å². The van der Waals surface area contributed by atoms with Crippen molar-refractivity contribution in [1.29, 1.82) is 0 Å². The highest BCUT2D eigenvalue weighted by Crippen LogP contribution is 2.18. The van der Waals surface area contributed by atoms with Gasteiger partial charge in [0.2, 0.25) is 0 Å². The fourth-order valence-electron chi connectivity index (χ4n) is 1.82. The first kappa shape index (κ1) is 12.6. The number of hydrogen-bond donors (Lipinski definition) is 1. The quantitative estimate of drug-likeness (QED) is 0.799. The van der Waals surface area contributed by atoms with E-state index in [1.54, 1.807) is 18.5 Å². The van der Waals surface area contributed by atoms with Crippen molar-refractivity contribution in [3.8, 4) is 11.5 Å². The molecule has 1 N–H and O–H groups in total. The van der Waals surface area contributed by atoms with Crippen LogP contribution in [-0.2, 0) is 6.54 Å². The minimum absolute atomic E-state index is 0.0670. The number of carbonyl (C=O) groups excluding carboxylic acids is 1. The Labute approximate surface area is 120 Å². The summed E-state index contributed by atoms with van der Waals surface area (Å²) in [5.74, 6) is 0.652. The summed E-state index contributed by atoms with van der Waals surface area (Å²) in [4.78, 5) is 16.1. The molecule has 100 valence electrons. The summed E-state index contributed by atoms with van der Waals surface area (Å²) in [6.45, 7) is 0.463. The van der Waals surface area contributed by atoms with Gasteiger partial charge in [0.15, 0.2) is 5.76 Å². The zero-order chi connectivity index (χ0) is 13.8. The number of rotatable bonds is 4. The van der Waals surface area contributed by atoms with Crippen molar-refractivity contribution in [1.82, 2.24) is 10.3 Å². The van der Waals surface area contributed by atoms with Gasteiger partial charge in [0.1, 0.15) is 5.69 Å². The lowest BCUT2D eigenvalue weighted by Crippen LogP contribution is -2.22. The van der Waals surface area contributed by atoms with Crippen LogP contribution in [0, 0.1) is 0 Å². The molecule has 0 spiro atoms. The molecule has 0 fully saturated rings. The van der Waals surface area contributed by atoms with Gasteiger partial charge >= 0.3 is 0 Å². The molecule has 20 heavy (non-hydrogen) atoms. The molecule has 0 radical (unpaired) electrons. The topological polar surface area (TPSA) is 55.1 Å². The van der Waals surface area contributed by atoms with Crippen molar-refractivity contribution >= 4 is 17.2 Å². The molecule has 3 rings (SSSR count). The molecule has 0 atom stereocenters. The van der Waals surface area contributed by atoms with E-state index in [1.165, 1.54) is 11.3 Å². The maximum atomic E-state index is 11.9. The molecule has 1 amide bonds. The van der Waals surface area contributed by atoms with Crippen LogP contribution < -0.4 is 5.32 Å². The number of nitrogens with one attached hydrogen (secondary N) is 1. The first-order chi connectivity index (χ1) is 9.83. The monoisotopic (exact) mass is 284 g/mol. The van der Waals surface area contributed by atoms with Crippen molar-refractivity contribution in [2.24, 2.45) is 0 Å². The summed E-state index contributed by atoms with van der Waals surface area (Å²) in [5.41, 5.74) is 2.43. The lowest BCUT2D eigenvalue weighted by molar-refractivity contribution is 0.0951. The molecule has 0 unspecified atom stereocenters. The summed E-state index contributed by atoms with van der Waals surface area (Å²) >= 11 is 1.51. The van der Waals surface area contributed by atoms with Gasteiger partial charge in [0.05, 0.1) is 6.26 Å². The first-order valence-corrected chi connectivity index (χ1v) is 7.06. The van der Waals surface area contributed by atoms with E-state index in [1.807, 2.05) is 35.0 Å². The summed E-state index contributed by atoms with van der Waals surface area (Å²) in [6, 6.07) is 9.27. The summed E-state index contributed by atoms with van der Waals surface area (Å²) in [7, 11) is 0. The normalized spacial score (nSPS) is 10.4. The van der Waals surface area contributed by atoms with E-state index in [-0.39, 0.29) is 5.91 Å². The Hall–Kier alpha value is -2.40. The van der Waals surface area contributed by atoms with Gasteiger partial charge in [-0.05, 0) is 41.3 Å². The van der Waals surface area contributed by atoms with Crippen LogP contribution in [0.4, 0.5) is 0 Å². The Bertz CT molecular complexity index is 691. The van der Waals surface area contributed by atoms with Crippen LogP contribution in [0.2, 0.25) is 0 Å². The van der Waals surface area contributed by atoms with Gasteiger partial charge in [-0.25, -0.2) is 0 Å². The SMILES string of the molecule is O=C(NCc1ccnc(-c2ccco2)c1)c1ccsc1. The molecular formula is C15H12N2O2S. The molecule has 0 aliphatic rings. The van der Waals surface area contributed by atoms with Crippen LogP contribution in [0.15, 0.2) is 58.0 Å². The third-order valence-electron chi connectivity index (χ3n) is 2.83. The molecule has 0 aliphatic heterocycles. The molecule has 4 nitrogen and oxygen atoms in total. The van der Waals surface area contributed by atoms with Gasteiger partial charge in [-0.15, -0.1) is 0 Å². The Kier molecular flexibility index (Phi) is 3.60. The maximum Gasteiger partial charge on any atom is 0.252 e. The van der Waals surface area contributed by atoms with Gasteiger partial charge in [0.25, 0.3) is 5.91 Å². The van der Waals surface area contributed by atoms with E-state index in [0.717, 1.165) is 17.0 Å². The highest BCUT2D eigenvalue weighted by molar-refractivity contribution is 7.08. The Morgan fingerprint density at radius 2 is 2.30 bits per heavy atom. The highest BCUT2D eigenvalue weighted by Gasteiger charge is 2.07. The number of pyridine rings is 1. The predicted molar refractivity (Wildman–Crippen MR) is 77.4 cm³/mol. The van der Waals surface area contributed by atoms with Gasteiger partial charge in [-0.1, -0.05) is 0 Å². The van der Waals surface area contributed by atoms with E-state index in [9.17, 15) is 4.79 Å². The fourth-order valence-corrected chi connectivity index (χ4v) is 2.46. The number of furan rings is 1. The van der Waals surface area contributed by atoms with E-state index in [4.69, 9.17) is 4.42 Å². The van der Waals surface area contributed by atoms with Gasteiger partial charge < -0.3 is 9.73 Å². The number of nitrogens with zero attached hydrogens (tertiary/aromatic N) is 1. The van der Waals surface area contributed by atoms with Crippen molar-refractivity contribution in [2.75, 3.05) is 0 Å². The lowest BCUT2D eigenvalue weighted by Gasteiger charge is -2.05. The van der Waals surface area contributed by atoms with Crippen LogP contribution in [0.5, 0.6) is 0 Å². The molecule has 0 bridgehead atoms. The highest BCUT2D eigenvalue weighted by atomic mass is 32.1.